The van der Waals surface area contributed by atoms with Crippen LogP contribution in [0.4, 0.5) is 5.69 Å². The zero-order valence-electron chi connectivity index (χ0n) is 13.4. The van der Waals surface area contributed by atoms with E-state index in [2.05, 4.69) is 6.07 Å². The molecule has 0 bridgehead atoms. The molecule has 24 heavy (non-hydrogen) atoms. The minimum absolute atomic E-state index is 0.149. The molecule has 3 aliphatic rings. The van der Waals surface area contributed by atoms with E-state index in [1.54, 1.807) is 22.5 Å². The van der Waals surface area contributed by atoms with Crippen LogP contribution in [0.5, 0.6) is 0 Å². The zero-order valence-corrected chi connectivity index (χ0v) is 14.2. The molecule has 2 heterocycles. The summed E-state index contributed by atoms with van der Waals surface area (Å²) < 4.78 is 28.1. The number of anilines is 1. The van der Waals surface area contributed by atoms with Crippen LogP contribution in [0.25, 0.3) is 0 Å². The minimum Gasteiger partial charge on any atom is -0.391 e. The van der Waals surface area contributed by atoms with E-state index in [1.807, 2.05) is 4.90 Å². The number of nitrogens with zero attached hydrogens (tertiary/aromatic N) is 3. The minimum atomic E-state index is -3.58. The summed E-state index contributed by atoms with van der Waals surface area (Å²) in [6, 6.07) is 6.99. The first-order valence-electron chi connectivity index (χ1n) is 8.49. The Bertz CT molecular complexity index is 802. The van der Waals surface area contributed by atoms with E-state index in [0.717, 1.165) is 19.3 Å². The molecule has 1 N–H and O–H groups in total. The summed E-state index contributed by atoms with van der Waals surface area (Å²) >= 11 is 0. The molecule has 0 spiro atoms. The standard InChI is InChI=1S/C17H21N3O3S/c18-10-12-3-4-17(16(8-12)19-7-5-14(21)11-19)24(22,23)20-6-1-2-13-9-15(13)20/h3-4,8,13-15,21H,1-2,5-7,9,11H2/t13?,14-,15?/m0/s1. The summed E-state index contributed by atoms with van der Waals surface area (Å²) in [4.78, 5) is 2.15. The third kappa shape index (κ3) is 2.59. The van der Waals surface area contributed by atoms with Gasteiger partial charge in [0, 0.05) is 25.7 Å². The van der Waals surface area contributed by atoms with Crippen LogP contribution >= 0.6 is 0 Å². The van der Waals surface area contributed by atoms with E-state index in [1.165, 1.54) is 0 Å². The first kappa shape index (κ1) is 15.9. The van der Waals surface area contributed by atoms with Crippen molar-refractivity contribution in [3.8, 4) is 6.07 Å². The maximum Gasteiger partial charge on any atom is 0.245 e. The molecule has 2 aliphatic heterocycles. The van der Waals surface area contributed by atoms with Gasteiger partial charge >= 0.3 is 0 Å². The number of hydrogen-bond donors (Lipinski definition) is 1. The molecule has 1 aliphatic carbocycles. The van der Waals surface area contributed by atoms with Crippen LogP contribution in [-0.2, 0) is 10.0 Å². The molecule has 3 fully saturated rings. The number of fused-ring (bicyclic) bond motifs is 1. The quantitative estimate of drug-likeness (QED) is 0.891. The maximum atomic E-state index is 13.2. The fourth-order valence-electron chi connectivity index (χ4n) is 4.01. The van der Waals surface area contributed by atoms with E-state index in [4.69, 9.17) is 0 Å². The number of aliphatic hydroxyl groups is 1. The third-order valence-electron chi connectivity index (χ3n) is 5.39. The maximum absolute atomic E-state index is 13.2. The molecule has 2 saturated heterocycles. The zero-order chi connectivity index (χ0) is 16.9. The predicted octanol–water partition coefficient (Wildman–Crippen LogP) is 1.30. The summed E-state index contributed by atoms with van der Waals surface area (Å²) in [5, 5.41) is 19.0. The van der Waals surface area contributed by atoms with Crippen LogP contribution in [-0.4, -0.2) is 49.6 Å². The summed E-state index contributed by atoms with van der Waals surface area (Å²) in [6.45, 7) is 1.58. The number of rotatable bonds is 3. The predicted molar refractivity (Wildman–Crippen MR) is 89.0 cm³/mol. The second kappa shape index (κ2) is 5.73. The Kier molecular flexibility index (Phi) is 3.79. The van der Waals surface area contributed by atoms with Crippen molar-refractivity contribution in [2.75, 3.05) is 24.5 Å². The molecule has 7 heteroatoms. The van der Waals surface area contributed by atoms with Crippen molar-refractivity contribution in [3.63, 3.8) is 0 Å². The Morgan fingerprint density at radius 1 is 1.25 bits per heavy atom. The van der Waals surface area contributed by atoms with Gasteiger partial charge in [-0.25, -0.2) is 8.42 Å². The van der Waals surface area contributed by atoms with Gasteiger partial charge in [-0.3, -0.25) is 0 Å². The van der Waals surface area contributed by atoms with Gasteiger partial charge in [-0.05, 0) is 49.8 Å². The highest BCUT2D eigenvalue weighted by Gasteiger charge is 2.49. The fraction of sp³-hybridized carbons (Fsp3) is 0.588. The van der Waals surface area contributed by atoms with Crippen molar-refractivity contribution in [2.45, 2.75) is 42.7 Å². The van der Waals surface area contributed by atoms with E-state index < -0.39 is 16.1 Å². The van der Waals surface area contributed by atoms with Gasteiger partial charge in [-0.15, -0.1) is 0 Å². The molecule has 0 aromatic heterocycles. The van der Waals surface area contributed by atoms with Crippen LogP contribution in [0.15, 0.2) is 23.1 Å². The highest BCUT2D eigenvalue weighted by Crippen LogP contribution is 2.46. The average molecular weight is 347 g/mol. The van der Waals surface area contributed by atoms with Gasteiger partial charge < -0.3 is 10.0 Å². The Labute approximate surface area is 142 Å². The largest absolute Gasteiger partial charge is 0.391 e. The first-order chi connectivity index (χ1) is 11.5. The van der Waals surface area contributed by atoms with Gasteiger partial charge in [0.05, 0.1) is 23.4 Å². The van der Waals surface area contributed by atoms with Gasteiger partial charge in [-0.1, -0.05) is 0 Å². The highest BCUT2D eigenvalue weighted by molar-refractivity contribution is 7.89. The smallest absolute Gasteiger partial charge is 0.245 e. The monoisotopic (exact) mass is 347 g/mol. The molecule has 1 saturated carbocycles. The van der Waals surface area contributed by atoms with E-state index in [9.17, 15) is 18.8 Å². The van der Waals surface area contributed by atoms with Crippen molar-refractivity contribution in [3.05, 3.63) is 23.8 Å². The molecule has 1 aromatic rings. The van der Waals surface area contributed by atoms with Gasteiger partial charge in [0.25, 0.3) is 0 Å². The molecular weight excluding hydrogens is 326 g/mol. The molecular formula is C17H21N3O3S. The molecule has 1 aromatic carbocycles. The topological polar surface area (TPSA) is 84.6 Å². The summed E-state index contributed by atoms with van der Waals surface area (Å²) in [5.74, 6) is 0.518. The van der Waals surface area contributed by atoms with Crippen LogP contribution < -0.4 is 4.90 Å². The number of nitriles is 1. The van der Waals surface area contributed by atoms with Gasteiger partial charge in [-0.2, -0.15) is 9.57 Å². The molecule has 6 nitrogen and oxygen atoms in total. The number of aliphatic hydroxyl groups excluding tert-OH is 1. The molecule has 2 unspecified atom stereocenters. The van der Waals surface area contributed by atoms with E-state index in [0.29, 0.717) is 43.2 Å². The van der Waals surface area contributed by atoms with Crippen LogP contribution in [0.1, 0.15) is 31.2 Å². The number of benzene rings is 1. The number of piperidine rings is 1. The lowest BCUT2D eigenvalue weighted by atomic mass is 10.2. The number of sulfonamides is 1. The van der Waals surface area contributed by atoms with Gasteiger partial charge in [0.15, 0.2) is 0 Å². The van der Waals surface area contributed by atoms with Crippen molar-refractivity contribution in [2.24, 2.45) is 5.92 Å². The van der Waals surface area contributed by atoms with Gasteiger partial charge in [0.1, 0.15) is 4.90 Å². The van der Waals surface area contributed by atoms with Crippen molar-refractivity contribution >= 4 is 15.7 Å². The molecule has 0 radical (unpaired) electrons. The Hall–Kier alpha value is -1.62. The lowest BCUT2D eigenvalue weighted by molar-refractivity contribution is 0.198. The Balaban J connectivity index is 1.75. The summed E-state index contributed by atoms with van der Waals surface area (Å²) in [6.07, 6.45) is 3.16. The van der Waals surface area contributed by atoms with Crippen LogP contribution in [0.2, 0.25) is 0 Å². The second-order valence-corrected chi connectivity index (χ2v) is 8.86. The van der Waals surface area contributed by atoms with Crippen LogP contribution in [0.3, 0.4) is 0 Å². The number of hydrogen-bond acceptors (Lipinski definition) is 5. The first-order valence-corrected chi connectivity index (χ1v) is 9.93. The van der Waals surface area contributed by atoms with Crippen molar-refractivity contribution < 1.29 is 13.5 Å². The lowest BCUT2D eigenvalue weighted by Gasteiger charge is -2.29. The molecule has 0 amide bonds. The van der Waals surface area contributed by atoms with E-state index in [-0.39, 0.29) is 10.9 Å². The van der Waals surface area contributed by atoms with Crippen LogP contribution in [0, 0.1) is 17.2 Å². The van der Waals surface area contributed by atoms with E-state index >= 15 is 0 Å². The van der Waals surface area contributed by atoms with Crippen molar-refractivity contribution in [1.82, 2.24) is 4.31 Å². The SMILES string of the molecule is N#Cc1ccc(S(=O)(=O)N2CCCC3CC32)c(N2CC[C@H](O)C2)c1. The summed E-state index contributed by atoms with van der Waals surface area (Å²) in [5.41, 5.74) is 0.988. The average Bonchev–Trinajstić information content (AvgIpc) is 3.26. The molecule has 128 valence electrons. The normalized spacial score (nSPS) is 30.0. The summed E-state index contributed by atoms with van der Waals surface area (Å²) in [7, 11) is -3.58. The third-order valence-corrected chi connectivity index (χ3v) is 7.36. The molecule has 3 atom stereocenters. The Morgan fingerprint density at radius 3 is 2.79 bits per heavy atom. The van der Waals surface area contributed by atoms with Gasteiger partial charge in [0.2, 0.25) is 10.0 Å². The van der Waals surface area contributed by atoms with Crippen molar-refractivity contribution in [1.29, 1.82) is 5.26 Å². The second-order valence-electron chi connectivity index (χ2n) is 7.00. The number of β-amino-alcohol motifs (C(OH)–C–C–N with tert-alkyl or cyclic N) is 1. The highest BCUT2D eigenvalue weighted by atomic mass is 32.2. The Morgan fingerprint density at radius 2 is 2.08 bits per heavy atom. The lowest BCUT2D eigenvalue weighted by Crippen LogP contribution is -2.38. The molecule has 4 rings (SSSR count). The fourth-order valence-corrected chi connectivity index (χ4v) is 5.94.